The number of fused-ring (bicyclic) bond motifs is 1. The molecule has 5 nitrogen and oxygen atoms in total. The summed E-state index contributed by atoms with van der Waals surface area (Å²) in [5.41, 5.74) is 0.473. The summed E-state index contributed by atoms with van der Waals surface area (Å²) in [5, 5.41) is 8.63. The molecule has 1 amide bonds. The number of benzene rings is 1. The number of ketones is 1. The van der Waals surface area contributed by atoms with Crippen LogP contribution in [0.5, 0.6) is 0 Å². The minimum Gasteiger partial charge on any atom is -0.478 e. The van der Waals surface area contributed by atoms with Gasteiger partial charge in [-0.25, -0.2) is 9.18 Å². The van der Waals surface area contributed by atoms with E-state index >= 15 is 0 Å². The Labute approximate surface area is 109 Å². The van der Waals surface area contributed by atoms with E-state index in [0.717, 1.165) is 0 Å². The lowest BCUT2D eigenvalue weighted by atomic mass is 10.1. The molecule has 2 rings (SSSR count). The van der Waals surface area contributed by atoms with Crippen LogP contribution in [0.4, 0.5) is 10.1 Å². The van der Waals surface area contributed by atoms with Crippen molar-refractivity contribution in [3.05, 3.63) is 27.7 Å². The van der Waals surface area contributed by atoms with Gasteiger partial charge in [0.15, 0.2) is 0 Å². The van der Waals surface area contributed by atoms with Crippen molar-refractivity contribution < 1.29 is 23.9 Å². The predicted octanol–water partition coefficient (Wildman–Crippen LogP) is 1.67. The summed E-state index contributed by atoms with van der Waals surface area (Å²) in [6.45, 7) is 1.57. The fourth-order valence-corrected chi connectivity index (χ4v) is 2.45. The normalized spacial score (nSPS) is 15.8. The first-order chi connectivity index (χ1) is 8.34. The maximum atomic E-state index is 13.6. The molecule has 18 heavy (non-hydrogen) atoms. The molecule has 0 spiro atoms. The average molecular weight is 316 g/mol. The largest absolute Gasteiger partial charge is 0.478 e. The summed E-state index contributed by atoms with van der Waals surface area (Å²) in [4.78, 5) is 34.3. The fourth-order valence-electron chi connectivity index (χ4n) is 1.88. The molecule has 0 radical (unpaired) electrons. The molecular formula is C11H7BrFNO4. The van der Waals surface area contributed by atoms with E-state index in [2.05, 4.69) is 15.9 Å². The number of anilines is 1. The number of Topliss-reactive ketones (excluding diaryl/α,β-unsaturated/α-hetero) is 1. The molecule has 7 heteroatoms. The van der Waals surface area contributed by atoms with Gasteiger partial charge in [0.05, 0.1) is 11.3 Å². The maximum absolute atomic E-state index is 13.6. The molecular weight excluding hydrogens is 309 g/mol. The minimum atomic E-state index is -2.57. The van der Waals surface area contributed by atoms with Crippen molar-refractivity contribution >= 4 is 39.3 Å². The van der Waals surface area contributed by atoms with E-state index in [4.69, 9.17) is 5.11 Å². The zero-order valence-electron chi connectivity index (χ0n) is 9.11. The highest BCUT2D eigenvalue weighted by Gasteiger charge is 2.43. The molecule has 0 saturated heterocycles. The molecule has 94 valence electrons. The summed E-state index contributed by atoms with van der Waals surface area (Å²) in [6, 6.07) is 2.95. The number of rotatable bonds is 2. The van der Waals surface area contributed by atoms with Crippen LogP contribution in [-0.4, -0.2) is 29.1 Å². The Morgan fingerprint density at radius 3 is 2.61 bits per heavy atom. The molecule has 1 aliphatic heterocycles. The highest BCUT2D eigenvalue weighted by atomic mass is 79.9. The van der Waals surface area contributed by atoms with Gasteiger partial charge in [-0.3, -0.25) is 14.5 Å². The van der Waals surface area contributed by atoms with E-state index in [0.29, 0.717) is 14.9 Å². The first kappa shape index (κ1) is 12.7. The van der Waals surface area contributed by atoms with Crippen molar-refractivity contribution in [2.24, 2.45) is 0 Å². The van der Waals surface area contributed by atoms with Crippen LogP contribution in [0.1, 0.15) is 15.9 Å². The number of carboxylic acid groups (broad SMARTS) is 1. The number of carbonyl (C=O) groups excluding carboxylic acids is 2. The summed E-state index contributed by atoms with van der Waals surface area (Å²) < 4.78 is 14.1. The Balaban J connectivity index is 2.65. The first-order valence-corrected chi connectivity index (χ1v) is 5.68. The van der Waals surface area contributed by atoms with Gasteiger partial charge in [-0.15, -0.1) is 0 Å². The predicted molar refractivity (Wildman–Crippen MR) is 63.2 cm³/mol. The number of hydrogen-bond donors (Lipinski definition) is 1. The van der Waals surface area contributed by atoms with E-state index in [9.17, 15) is 18.8 Å². The molecule has 0 aliphatic carbocycles. The van der Waals surface area contributed by atoms with E-state index < -0.39 is 24.0 Å². The molecule has 1 aromatic rings. The quantitative estimate of drug-likeness (QED) is 0.665. The molecule has 0 saturated carbocycles. The van der Waals surface area contributed by atoms with Gasteiger partial charge in [0, 0.05) is 4.47 Å². The van der Waals surface area contributed by atoms with Crippen LogP contribution in [0.3, 0.4) is 0 Å². The average Bonchev–Trinajstić information content (AvgIpc) is 2.52. The Bertz CT molecular complexity index is 587. The summed E-state index contributed by atoms with van der Waals surface area (Å²) >= 11 is 3.16. The van der Waals surface area contributed by atoms with Crippen LogP contribution >= 0.6 is 15.9 Å². The molecule has 1 aliphatic rings. The van der Waals surface area contributed by atoms with Crippen LogP contribution in [0.2, 0.25) is 0 Å². The Hall–Kier alpha value is -1.76. The molecule has 1 unspecified atom stereocenters. The van der Waals surface area contributed by atoms with E-state index in [1.807, 2.05) is 0 Å². The molecule has 0 bridgehead atoms. The van der Waals surface area contributed by atoms with Gasteiger partial charge in [-0.2, -0.15) is 0 Å². The van der Waals surface area contributed by atoms with Crippen molar-refractivity contribution in [3.8, 4) is 0 Å². The second kappa shape index (κ2) is 4.16. The number of hydrogen-bond acceptors (Lipinski definition) is 3. The third-order valence-corrected chi connectivity index (χ3v) is 3.05. The number of amides is 1. The lowest BCUT2D eigenvalue weighted by Crippen LogP contribution is -2.41. The highest BCUT2D eigenvalue weighted by Crippen LogP contribution is 2.36. The lowest BCUT2D eigenvalue weighted by molar-refractivity contribution is -0.144. The fraction of sp³-hybridized carbons (Fsp3) is 0.182. The van der Waals surface area contributed by atoms with E-state index in [1.54, 1.807) is 13.0 Å². The maximum Gasteiger partial charge on any atom is 0.360 e. The van der Waals surface area contributed by atoms with Crippen molar-refractivity contribution in [1.29, 1.82) is 0 Å². The molecule has 1 heterocycles. The van der Waals surface area contributed by atoms with Gasteiger partial charge < -0.3 is 5.11 Å². The molecule has 1 atom stereocenters. The standard InChI is InChI=1S/C11H7BrFNO4/c1-4-2-5(12)3-6-7(4)14(9(13)11(17)18)10(16)8(6)15/h2-3,9H,1H3,(H,17,18). The topological polar surface area (TPSA) is 74.7 Å². The van der Waals surface area contributed by atoms with Crippen molar-refractivity contribution in [3.63, 3.8) is 0 Å². The first-order valence-electron chi connectivity index (χ1n) is 4.89. The number of nitrogens with zero attached hydrogens (tertiary/aromatic N) is 1. The van der Waals surface area contributed by atoms with Crippen LogP contribution < -0.4 is 4.90 Å². The van der Waals surface area contributed by atoms with Gasteiger partial charge in [0.25, 0.3) is 12.1 Å². The van der Waals surface area contributed by atoms with Gasteiger partial charge in [0.2, 0.25) is 0 Å². The van der Waals surface area contributed by atoms with Crippen molar-refractivity contribution in [1.82, 2.24) is 0 Å². The Morgan fingerprint density at radius 2 is 2.06 bits per heavy atom. The second-order valence-corrected chi connectivity index (χ2v) is 4.71. The third-order valence-electron chi connectivity index (χ3n) is 2.59. The highest BCUT2D eigenvalue weighted by molar-refractivity contribution is 9.10. The summed E-state index contributed by atoms with van der Waals surface area (Å²) in [7, 11) is 0. The van der Waals surface area contributed by atoms with Gasteiger partial charge >= 0.3 is 11.9 Å². The van der Waals surface area contributed by atoms with E-state index in [1.165, 1.54) is 6.07 Å². The zero-order chi connectivity index (χ0) is 13.6. The van der Waals surface area contributed by atoms with Gasteiger partial charge in [-0.05, 0) is 24.6 Å². The van der Waals surface area contributed by atoms with E-state index in [-0.39, 0.29) is 11.3 Å². The summed E-state index contributed by atoms with van der Waals surface area (Å²) in [6.07, 6.45) is -2.57. The number of aliphatic carboxylic acids is 1. The smallest absolute Gasteiger partial charge is 0.360 e. The van der Waals surface area contributed by atoms with Gasteiger partial charge in [-0.1, -0.05) is 15.9 Å². The Morgan fingerprint density at radius 1 is 1.44 bits per heavy atom. The number of aryl methyl sites for hydroxylation is 1. The zero-order valence-corrected chi connectivity index (χ0v) is 10.7. The summed E-state index contributed by atoms with van der Waals surface area (Å²) in [5.74, 6) is -3.88. The molecule has 1 aromatic carbocycles. The van der Waals surface area contributed by atoms with Crippen molar-refractivity contribution in [2.75, 3.05) is 4.90 Å². The molecule has 1 N–H and O–H groups in total. The third kappa shape index (κ3) is 1.71. The van der Waals surface area contributed by atoms with Gasteiger partial charge in [0.1, 0.15) is 0 Å². The lowest BCUT2D eigenvalue weighted by Gasteiger charge is -2.19. The number of carboxylic acids is 1. The second-order valence-electron chi connectivity index (χ2n) is 3.80. The Kier molecular flexibility index (Phi) is 2.94. The van der Waals surface area contributed by atoms with Crippen LogP contribution in [0.15, 0.2) is 16.6 Å². The SMILES string of the molecule is Cc1cc(Br)cc2c1N(C(F)C(=O)O)C(=O)C2=O. The minimum absolute atomic E-state index is 0.00998. The number of alkyl halides is 1. The van der Waals surface area contributed by atoms with Crippen LogP contribution in [-0.2, 0) is 9.59 Å². The molecule has 0 aromatic heterocycles. The number of carbonyl (C=O) groups is 3. The van der Waals surface area contributed by atoms with Crippen molar-refractivity contribution in [2.45, 2.75) is 13.2 Å². The number of halogens is 2. The van der Waals surface area contributed by atoms with Crippen LogP contribution in [0, 0.1) is 6.92 Å². The molecule has 0 fully saturated rings. The monoisotopic (exact) mass is 315 g/mol. The van der Waals surface area contributed by atoms with Crippen LogP contribution in [0.25, 0.3) is 0 Å².